The summed E-state index contributed by atoms with van der Waals surface area (Å²) >= 11 is 0. The van der Waals surface area contributed by atoms with Gasteiger partial charge in [0, 0.05) is 12.6 Å². The van der Waals surface area contributed by atoms with Gasteiger partial charge in [-0.15, -0.1) is 0 Å². The summed E-state index contributed by atoms with van der Waals surface area (Å²) in [5.74, 6) is 1.11. The number of nitrogens with one attached hydrogen (secondary N) is 2. The molecule has 0 radical (unpaired) electrons. The highest BCUT2D eigenvalue weighted by Crippen LogP contribution is 2.19. The van der Waals surface area contributed by atoms with E-state index in [1.807, 2.05) is 0 Å². The number of amides is 1. The number of hydrogen-bond donors (Lipinski definition) is 2. The van der Waals surface area contributed by atoms with E-state index in [4.69, 9.17) is 9.26 Å². The summed E-state index contributed by atoms with van der Waals surface area (Å²) in [5, 5.41) is 9.60. The van der Waals surface area contributed by atoms with Crippen molar-refractivity contribution >= 4 is 5.91 Å². The second kappa shape index (κ2) is 5.21. The van der Waals surface area contributed by atoms with Gasteiger partial charge in [-0.05, 0) is 0 Å². The highest BCUT2D eigenvalue weighted by atomic mass is 16.5. The number of piperazine rings is 1. The van der Waals surface area contributed by atoms with Gasteiger partial charge in [-0.3, -0.25) is 10.1 Å². The molecule has 104 valence electrons. The van der Waals surface area contributed by atoms with Crippen LogP contribution in [-0.4, -0.2) is 46.2 Å². The van der Waals surface area contributed by atoms with Crippen LogP contribution in [0.4, 0.5) is 0 Å². The minimum Gasteiger partial charge on any atom is -0.481 e. The quantitative estimate of drug-likeness (QED) is 0.756. The van der Waals surface area contributed by atoms with Crippen molar-refractivity contribution in [3.63, 3.8) is 0 Å². The molecule has 1 aliphatic heterocycles. The predicted molar refractivity (Wildman–Crippen MR) is 65.6 cm³/mol. The van der Waals surface area contributed by atoms with E-state index in [-0.39, 0.29) is 18.5 Å². The summed E-state index contributed by atoms with van der Waals surface area (Å²) in [6.07, 6.45) is 1.36. The van der Waals surface area contributed by atoms with Crippen molar-refractivity contribution < 1.29 is 14.1 Å². The van der Waals surface area contributed by atoms with Crippen LogP contribution in [0.15, 0.2) is 16.9 Å². The van der Waals surface area contributed by atoms with E-state index in [0.29, 0.717) is 29.8 Å². The van der Waals surface area contributed by atoms with Gasteiger partial charge in [0.1, 0.15) is 18.1 Å². The monoisotopic (exact) mass is 276 g/mol. The largest absolute Gasteiger partial charge is 0.481 e. The van der Waals surface area contributed by atoms with Crippen LogP contribution in [0.1, 0.15) is 11.9 Å². The van der Waals surface area contributed by atoms with E-state index >= 15 is 0 Å². The van der Waals surface area contributed by atoms with Crippen molar-refractivity contribution in [3.8, 4) is 17.4 Å². The third kappa shape index (κ3) is 2.43. The predicted octanol–water partition coefficient (Wildman–Crippen LogP) is -0.704. The lowest BCUT2D eigenvalue weighted by molar-refractivity contribution is -0.121. The van der Waals surface area contributed by atoms with Crippen molar-refractivity contribution in [1.82, 2.24) is 30.7 Å². The Labute approximate surface area is 113 Å². The van der Waals surface area contributed by atoms with Gasteiger partial charge in [0.25, 0.3) is 0 Å². The third-order valence-electron chi connectivity index (χ3n) is 2.83. The van der Waals surface area contributed by atoms with Crippen LogP contribution < -0.4 is 15.4 Å². The molecule has 2 aromatic rings. The van der Waals surface area contributed by atoms with Gasteiger partial charge < -0.3 is 14.6 Å². The molecule has 9 nitrogen and oxygen atoms in total. The Hall–Kier alpha value is -2.55. The van der Waals surface area contributed by atoms with E-state index in [1.54, 1.807) is 6.07 Å². The third-order valence-corrected chi connectivity index (χ3v) is 2.83. The van der Waals surface area contributed by atoms with Crippen molar-refractivity contribution in [1.29, 1.82) is 0 Å². The Morgan fingerprint density at radius 3 is 3.10 bits per heavy atom. The van der Waals surface area contributed by atoms with E-state index in [2.05, 4.69) is 30.7 Å². The molecule has 0 spiro atoms. The van der Waals surface area contributed by atoms with Crippen LogP contribution in [0.25, 0.3) is 11.5 Å². The molecule has 3 rings (SSSR count). The molecule has 2 N–H and O–H groups in total. The Morgan fingerprint density at radius 1 is 1.45 bits per heavy atom. The maximum atomic E-state index is 11.1. The van der Waals surface area contributed by atoms with Gasteiger partial charge in [-0.2, -0.15) is 4.98 Å². The number of nitrogens with zero attached hydrogens (tertiary/aromatic N) is 4. The van der Waals surface area contributed by atoms with E-state index in [1.165, 1.54) is 13.4 Å². The molecule has 0 saturated carbocycles. The number of rotatable bonds is 3. The van der Waals surface area contributed by atoms with Crippen LogP contribution in [-0.2, 0) is 4.79 Å². The van der Waals surface area contributed by atoms with Crippen LogP contribution >= 0.6 is 0 Å². The van der Waals surface area contributed by atoms with Gasteiger partial charge >= 0.3 is 0 Å². The molecule has 0 aromatic carbocycles. The zero-order chi connectivity index (χ0) is 13.9. The average molecular weight is 276 g/mol. The average Bonchev–Trinajstić information content (AvgIpc) is 2.98. The van der Waals surface area contributed by atoms with Crippen molar-refractivity contribution in [2.24, 2.45) is 0 Å². The van der Waals surface area contributed by atoms with E-state index in [0.717, 1.165) is 0 Å². The fraction of sp³-hybridized carbons (Fsp3) is 0.364. The normalized spacial score (nSPS) is 18.6. The molecule has 0 bridgehead atoms. The zero-order valence-corrected chi connectivity index (χ0v) is 10.7. The maximum Gasteiger partial charge on any atom is 0.245 e. The topological polar surface area (TPSA) is 115 Å². The molecule has 20 heavy (non-hydrogen) atoms. The molecule has 1 amide bonds. The van der Waals surface area contributed by atoms with Crippen molar-refractivity contribution in [2.45, 2.75) is 6.04 Å². The minimum absolute atomic E-state index is 0.0541. The molecule has 0 aliphatic carbocycles. The smallest absolute Gasteiger partial charge is 0.245 e. The number of aromatic nitrogens is 4. The van der Waals surface area contributed by atoms with Crippen LogP contribution in [0.3, 0.4) is 0 Å². The Morgan fingerprint density at radius 2 is 2.35 bits per heavy atom. The first-order valence-corrected chi connectivity index (χ1v) is 5.96. The molecule has 1 fully saturated rings. The number of methoxy groups -OCH3 is 1. The molecular weight excluding hydrogens is 264 g/mol. The summed E-state index contributed by atoms with van der Waals surface area (Å²) in [4.78, 5) is 23.3. The number of carbonyl (C=O) groups excluding carboxylic acids is 1. The lowest BCUT2D eigenvalue weighted by atomic mass is 10.2. The van der Waals surface area contributed by atoms with Crippen LogP contribution in [0.2, 0.25) is 0 Å². The van der Waals surface area contributed by atoms with Gasteiger partial charge in [0.05, 0.1) is 13.7 Å². The molecule has 1 unspecified atom stereocenters. The van der Waals surface area contributed by atoms with Gasteiger partial charge in [-0.25, -0.2) is 9.97 Å². The first kappa shape index (κ1) is 12.5. The van der Waals surface area contributed by atoms with Crippen LogP contribution in [0.5, 0.6) is 5.88 Å². The first-order chi connectivity index (χ1) is 9.76. The summed E-state index contributed by atoms with van der Waals surface area (Å²) in [5.41, 5.74) is 0.506. The summed E-state index contributed by atoms with van der Waals surface area (Å²) in [6, 6.07) is 1.42. The fourth-order valence-corrected chi connectivity index (χ4v) is 1.80. The highest BCUT2D eigenvalue weighted by molar-refractivity contribution is 5.78. The molecule has 9 heteroatoms. The van der Waals surface area contributed by atoms with Crippen molar-refractivity contribution in [3.05, 3.63) is 18.3 Å². The van der Waals surface area contributed by atoms with Gasteiger partial charge in [0.15, 0.2) is 0 Å². The van der Waals surface area contributed by atoms with Gasteiger partial charge in [-0.1, -0.05) is 5.16 Å². The number of hydrogen-bond acceptors (Lipinski definition) is 8. The summed E-state index contributed by atoms with van der Waals surface area (Å²) in [6.45, 7) is 0.636. The minimum atomic E-state index is -0.197. The van der Waals surface area contributed by atoms with Crippen LogP contribution in [0, 0.1) is 0 Å². The molecule has 3 heterocycles. The second-order valence-corrected chi connectivity index (χ2v) is 4.14. The molecular formula is C11H12N6O3. The van der Waals surface area contributed by atoms with E-state index < -0.39 is 0 Å². The standard InChI is InChI=1S/C11H12N6O3/c1-19-9-2-6(14-5-15-9)10-16-11(20-17-10)7-3-13-8(18)4-12-7/h2,5,7,12H,3-4H2,1H3,(H,13,18). The molecule has 1 atom stereocenters. The molecule has 1 saturated heterocycles. The fourth-order valence-electron chi connectivity index (χ4n) is 1.80. The second-order valence-electron chi connectivity index (χ2n) is 4.14. The molecule has 1 aliphatic rings. The first-order valence-electron chi connectivity index (χ1n) is 5.96. The molecule has 2 aromatic heterocycles. The number of ether oxygens (including phenoxy) is 1. The lowest BCUT2D eigenvalue weighted by Gasteiger charge is -2.20. The highest BCUT2D eigenvalue weighted by Gasteiger charge is 2.24. The summed E-state index contributed by atoms with van der Waals surface area (Å²) in [7, 11) is 1.52. The lowest BCUT2D eigenvalue weighted by Crippen LogP contribution is -2.47. The van der Waals surface area contributed by atoms with Gasteiger partial charge in [0.2, 0.25) is 23.5 Å². The van der Waals surface area contributed by atoms with E-state index in [9.17, 15) is 4.79 Å². The Kier molecular flexibility index (Phi) is 3.25. The Balaban J connectivity index is 1.80. The Bertz CT molecular complexity index is 618. The number of carbonyl (C=O) groups is 1. The maximum absolute atomic E-state index is 11.1. The summed E-state index contributed by atoms with van der Waals surface area (Å²) < 4.78 is 10.2. The van der Waals surface area contributed by atoms with Crippen molar-refractivity contribution in [2.75, 3.05) is 20.2 Å². The zero-order valence-electron chi connectivity index (χ0n) is 10.7. The SMILES string of the molecule is COc1cc(-c2noc(C3CNC(=O)CN3)n2)ncn1.